The minimum absolute atomic E-state index is 0.0656. The van der Waals surface area contributed by atoms with E-state index in [1.165, 1.54) is 6.07 Å². The van der Waals surface area contributed by atoms with Gasteiger partial charge < -0.3 is 14.6 Å². The second kappa shape index (κ2) is 7.92. The summed E-state index contributed by atoms with van der Waals surface area (Å²) in [5.74, 6) is 1.11. The van der Waals surface area contributed by atoms with Gasteiger partial charge >= 0.3 is 0 Å². The Kier molecular flexibility index (Phi) is 5.31. The van der Waals surface area contributed by atoms with Crippen molar-refractivity contribution >= 4 is 21.6 Å². The van der Waals surface area contributed by atoms with Gasteiger partial charge in [-0.25, -0.2) is 13.4 Å². The fourth-order valence-corrected chi connectivity index (χ4v) is 4.73. The van der Waals surface area contributed by atoms with E-state index in [1.54, 1.807) is 54.4 Å². The molecule has 9 heteroatoms. The number of fused-ring (bicyclic) bond motifs is 1. The van der Waals surface area contributed by atoms with Gasteiger partial charge in [-0.15, -0.1) is 0 Å². The Hall–Kier alpha value is -3.17. The van der Waals surface area contributed by atoms with Crippen LogP contribution in [0.2, 0.25) is 0 Å². The molecule has 0 saturated carbocycles. The molecule has 1 atom stereocenters. The maximum Gasteiger partial charge on any atom is 0.241 e. The van der Waals surface area contributed by atoms with Crippen LogP contribution in [0.5, 0.6) is 5.75 Å². The van der Waals surface area contributed by atoms with Gasteiger partial charge in [0.1, 0.15) is 17.6 Å². The van der Waals surface area contributed by atoms with Crippen molar-refractivity contribution in [2.75, 3.05) is 12.4 Å². The van der Waals surface area contributed by atoms with Gasteiger partial charge in [0.05, 0.1) is 12.0 Å². The average Bonchev–Trinajstić information content (AvgIpc) is 3.17. The lowest BCUT2D eigenvalue weighted by Gasteiger charge is -2.21. The number of methoxy groups -OCH3 is 1. The van der Waals surface area contributed by atoms with Crippen LogP contribution in [0.15, 0.2) is 59.8 Å². The summed E-state index contributed by atoms with van der Waals surface area (Å²) in [6.45, 7) is 0. The first-order valence-corrected chi connectivity index (χ1v) is 10.9. The molecule has 0 radical (unpaired) electrons. The van der Waals surface area contributed by atoms with Crippen LogP contribution in [0.4, 0.5) is 5.69 Å². The highest BCUT2D eigenvalue weighted by atomic mass is 32.2. The molecule has 1 aromatic heterocycles. The van der Waals surface area contributed by atoms with Gasteiger partial charge in [-0.2, -0.15) is 4.72 Å². The predicted molar refractivity (Wildman–Crippen MR) is 112 cm³/mol. The zero-order valence-corrected chi connectivity index (χ0v) is 17.4. The van der Waals surface area contributed by atoms with E-state index in [9.17, 15) is 13.2 Å². The Morgan fingerprint density at radius 1 is 1.20 bits per heavy atom. The second-order valence-corrected chi connectivity index (χ2v) is 8.81. The van der Waals surface area contributed by atoms with Crippen LogP contribution in [0, 0.1) is 0 Å². The van der Waals surface area contributed by atoms with Crippen LogP contribution < -0.4 is 14.8 Å². The van der Waals surface area contributed by atoms with Crippen LogP contribution >= 0.6 is 0 Å². The van der Waals surface area contributed by atoms with E-state index in [0.29, 0.717) is 35.7 Å². The van der Waals surface area contributed by atoms with Crippen molar-refractivity contribution in [1.82, 2.24) is 14.3 Å². The van der Waals surface area contributed by atoms with Gasteiger partial charge in [0, 0.05) is 31.5 Å². The smallest absolute Gasteiger partial charge is 0.241 e. The van der Waals surface area contributed by atoms with Gasteiger partial charge in [-0.1, -0.05) is 12.1 Å². The number of imidazole rings is 1. The van der Waals surface area contributed by atoms with E-state index in [0.717, 1.165) is 5.56 Å². The summed E-state index contributed by atoms with van der Waals surface area (Å²) in [7, 11) is -0.503. The largest absolute Gasteiger partial charge is 0.497 e. The first-order valence-electron chi connectivity index (χ1n) is 9.43. The number of benzene rings is 2. The van der Waals surface area contributed by atoms with Crippen LogP contribution in [-0.2, 0) is 28.3 Å². The van der Waals surface area contributed by atoms with Crippen LogP contribution in [0.1, 0.15) is 29.4 Å². The Labute approximate surface area is 175 Å². The molecule has 2 aromatic carbocycles. The minimum Gasteiger partial charge on any atom is -0.497 e. The number of carbonyl (C=O) groups excluding carboxylic acids is 1. The summed E-state index contributed by atoms with van der Waals surface area (Å²) in [6.07, 6.45) is 4.23. The van der Waals surface area contributed by atoms with Crippen molar-refractivity contribution < 1.29 is 17.9 Å². The third kappa shape index (κ3) is 3.94. The maximum absolute atomic E-state index is 13.3. The van der Waals surface area contributed by atoms with Gasteiger partial charge in [0.25, 0.3) is 0 Å². The highest BCUT2D eigenvalue weighted by Gasteiger charge is 2.27. The third-order valence-electron chi connectivity index (χ3n) is 5.10. The number of amides is 1. The summed E-state index contributed by atoms with van der Waals surface area (Å²) in [5, 5.41) is 2.77. The monoisotopic (exact) mass is 426 g/mol. The molecule has 0 spiro atoms. The SMILES string of the molecule is COc1cccc([C@H](NS(=O)(=O)c2ccc3c(c2)CCC(=O)N3)c2nccn2C)c1. The number of nitrogens with zero attached hydrogens (tertiary/aromatic N) is 2. The predicted octanol–water partition coefficient (Wildman–Crippen LogP) is 2.38. The number of nitrogens with one attached hydrogen (secondary N) is 2. The van der Waals surface area contributed by atoms with E-state index in [2.05, 4.69) is 15.0 Å². The van der Waals surface area contributed by atoms with Crippen molar-refractivity contribution in [2.24, 2.45) is 7.05 Å². The number of carbonyl (C=O) groups is 1. The molecule has 0 bridgehead atoms. The third-order valence-corrected chi connectivity index (χ3v) is 6.52. The molecule has 0 saturated heterocycles. The van der Waals surface area contributed by atoms with Crippen LogP contribution in [0.3, 0.4) is 0 Å². The fourth-order valence-electron chi connectivity index (χ4n) is 3.50. The maximum atomic E-state index is 13.3. The standard InChI is InChI=1S/C21H22N4O4S/c1-25-11-10-22-21(25)20(15-4-3-5-16(12-15)29-2)24-30(27,28)17-7-8-18-14(13-17)6-9-19(26)23-18/h3-5,7-8,10-13,20,24H,6,9H2,1-2H3,(H,23,26)/t20-/m0/s1. The molecule has 30 heavy (non-hydrogen) atoms. The number of ether oxygens (including phenoxy) is 1. The quantitative estimate of drug-likeness (QED) is 0.630. The molecule has 0 unspecified atom stereocenters. The average molecular weight is 426 g/mol. The molecular weight excluding hydrogens is 404 g/mol. The summed E-state index contributed by atoms with van der Waals surface area (Å²) in [5.41, 5.74) is 2.16. The highest BCUT2D eigenvalue weighted by Crippen LogP contribution is 2.29. The highest BCUT2D eigenvalue weighted by molar-refractivity contribution is 7.89. The first kappa shape index (κ1) is 20.1. The zero-order valence-electron chi connectivity index (χ0n) is 16.6. The van der Waals surface area contributed by atoms with Gasteiger partial charge in [0.2, 0.25) is 15.9 Å². The van der Waals surface area contributed by atoms with E-state index in [-0.39, 0.29) is 10.8 Å². The number of hydrogen-bond acceptors (Lipinski definition) is 5. The van der Waals surface area contributed by atoms with Gasteiger partial charge in [0.15, 0.2) is 0 Å². The van der Waals surface area contributed by atoms with Crippen molar-refractivity contribution in [3.63, 3.8) is 0 Å². The number of anilines is 1. The second-order valence-electron chi connectivity index (χ2n) is 7.09. The summed E-state index contributed by atoms with van der Waals surface area (Å²) in [6, 6.07) is 11.2. The van der Waals surface area contributed by atoms with Crippen LogP contribution in [0.25, 0.3) is 0 Å². The Bertz CT molecular complexity index is 1200. The fraction of sp³-hybridized carbons (Fsp3) is 0.238. The molecule has 2 heterocycles. The molecule has 8 nitrogen and oxygen atoms in total. The van der Waals surface area contributed by atoms with Crippen molar-refractivity contribution in [3.05, 3.63) is 71.8 Å². The van der Waals surface area contributed by atoms with Gasteiger partial charge in [-0.3, -0.25) is 4.79 Å². The zero-order chi connectivity index (χ0) is 21.3. The van der Waals surface area contributed by atoms with Crippen molar-refractivity contribution in [3.8, 4) is 5.75 Å². The molecule has 0 fully saturated rings. The molecule has 1 aliphatic heterocycles. The van der Waals surface area contributed by atoms with Crippen LogP contribution in [-0.4, -0.2) is 31.0 Å². The topological polar surface area (TPSA) is 102 Å². The van der Waals surface area contributed by atoms with Gasteiger partial charge in [-0.05, 0) is 47.9 Å². The van der Waals surface area contributed by atoms with E-state index in [1.807, 2.05) is 13.1 Å². The molecule has 4 rings (SSSR count). The van der Waals surface area contributed by atoms with E-state index < -0.39 is 16.1 Å². The lowest BCUT2D eigenvalue weighted by molar-refractivity contribution is -0.116. The van der Waals surface area contributed by atoms with E-state index >= 15 is 0 Å². The number of rotatable bonds is 6. The van der Waals surface area contributed by atoms with Crippen molar-refractivity contribution in [2.45, 2.75) is 23.8 Å². The molecule has 0 aliphatic carbocycles. The summed E-state index contributed by atoms with van der Waals surface area (Å²) < 4.78 is 36.4. The molecule has 1 amide bonds. The molecule has 1 aliphatic rings. The Balaban J connectivity index is 1.72. The summed E-state index contributed by atoms with van der Waals surface area (Å²) in [4.78, 5) is 16.1. The number of aromatic nitrogens is 2. The molecular formula is C21H22N4O4S. The lowest BCUT2D eigenvalue weighted by atomic mass is 10.0. The Morgan fingerprint density at radius 2 is 2.03 bits per heavy atom. The minimum atomic E-state index is -3.87. The summed E-state index contributed by atoms with van der Waals surface area (Å²) >= 11 is 0. The number of hydrogen-bond donors (Lipinski definition) is 2. The first-order chi connectivity index (χ1) is 14.4. The van der Waals surface area contributed by atoms with Crippen molar-refractivity contribution in [1.29, 1.82) is 0 Å². The number of sulfonamides is 1. The lowest BCUT2D eigenvalue weighted by Crippen LogP contribution is -2.31. The normalized spacial score (nSPS) is 14.7. The Morgan fingerprint density at radius 3 is 2.77 bits per heavy atom. The number of aryl methyl sites for hydroxylation is 2. The molecule has 3 aromatic rings. The molecule has 156 valence electrons. The molecule has 2 N–H and O–H groups in total. The van der Waals surface area contributed by atoms with E-state index in [4.69, 9.17) is 4.74 Å².